The van der Waals surface area contributed by atoms with E-state index in [0.717, 1.165) is 57.1 Å². The maximum Gasteiger partial charge on any atom is 0.255 e. The molecule has 2 fully saturated rings. The molecule has 0 N–H and O–H groups in total. The third-order valence-corrected chi connectivity index (χ3v) is 8.20. The molecule has 0 bridgehead atoms. The van der Waals surface area contributed by atoms with Crippen LogP contribution in [0, 0.1) is 0 Å². The van der Waals surface area contributed by atoms with Crippen molar-refractivity contribution >= 4 is 39.7 Å². The molecule has 2 aliphatic carbocycles. The standard InChI is InChI=1S/C26H29ClN2OS/c27-25-16-15-24(31-25)23-17-21(20-13-7-8-14-22(20)28-23)26(30)29(18-9-3-1-4-10-18)19-11-5-2-6-12-19/h7-8,13-19H,1-6,9-12H2. The van der Waals surface area contributed by atoms with Crippen molar-refractivity contribution in [3.8, 4) is 10.6 Å². The third-order valence-electron chi connectivity index (χ3n) is 6.94. The highest BCUT2D eigenvalue weighted by Crippen LogP contribution is 2.35. The van der Waals surface area contributed by atoms with Crippen molar-refractivity contribution in [3.05, 3.63) is 52.4 Å². The molecule has 0 saturated heterocycles. The molecule has 3 nitrogen and oxygen atoms in total. The minimum atomic E-state index is 0.196. The van der Waals surface area contributed by atoms with Crippen LogP contribution in [0.1, 0.15) is 74.6 Å². The van der Waals surface area contributed by atoms with Crippen LogP contribution in [0.15, 0.2) is 42.5 Å². The summed E-state index contributed by atoms with van der Waals surface area (Å²) in [4.78, 5) is 22.4. The lowest BCUT2D eigenvalue weighted by Gasteiger charge is -2.42. The van der Waals surface area contributed by atoms with Crippen LogP contribution in [-0.2, 0) is 0 Å². The van der Waals surface area contributed by atoms with Crippen LogP contribution in [0.3, 0.4) is 0 Å². The number of amides is 1. The normalized spacial score (nSPS) is 18.4. The molecule has 2 heterocycles. The minimum Gasteiger partial charge on any atom is -0.333 e. The average molecular weight is 453 g/mol. The summed E-state index contributed by atoms with van der Waals surface area (Å²) in [7, 11) is 0. The van der Waals surface area contributed by atoms with Crippen molar-refractivity contribution in [1.82, 2.24) is 9.88 Å². The number of pyridine rings is 1. The number of nitrogens with zero attached hydrogens (tertiary/aromatic N) is 2. The lowest BCUT2D eigenvalue weighted by atomic mass is 9.88. The quantitative estimate of drug-likeness (QED) is 0.405. The van der Waals surface area contributed by atoms with Crippen LogP contribution in [-0.4, -0.2) is 27.9 Å². The molecular formula is C26H29ClN2OS. The predicted molar refractivity (Wildman–Crippen MR) is 130 cm³/mol. The first-order valence-electron chi connectivity index (χ1n) is 11.7. The highest BCUT2D eigenvalue weighted by Gasteiger charge is 2.34. The molecule has 2 aliphatic rings. The van der Waals surface area contributed by atoms with Crippen LogP contribution in [0.5, 0.6) is 0 Å². The number of carbonyl (C=O) groups excluding carboxylic acids is 1. The van der Waals surface area contributed by atoms with Crippen molar-refractivity contribution in [2.24, 2.45) is 0 Å². The number of carbonyl (C=O) groups is 1. The molecular weight excluding hydrogens is 424 g/mol. The maximum atomic E-state index is 14.2. The number of fused-ring (bicyclic) bond motifs is 1. The van der Waals surface area contributed by atoms with Crippen LogP contribution in [0.25, 0.3) is 21.5 Å². The Balaban J connectivity index is 1.60. The van der Waals surface area contributed by atoms with Gasteiger partial charge in [-0.1, -0.05) is 68.3 Å². The Kier molecular flexibility index (Phi) is 6.29. The van der Waals surface area contributed by atoms with Gasteiger partial charge in [-0.25, -0.2) is 4.98 Å². The zero-order valence-corrected chi connectivity index (χ0v) is 19.4. The van der Waals surface area contributed by atoms with E-state index in [9.17, 15) is 4.79 Å². The van der Waals surface area contributed by atoms with Gasteiger partial charge in [0, 0.05) is 17.5 Å². The first kappa shape index (κ1) is 21.0. The van der Waals surface area contributed by atoms with Crippen molar-refractivity contribution in [1.29, 1.82) is 0 Å². The third kappa shape index (κ3) is 4.38. The second kappa shape index (κ2) is 9.30. The zero-order chi connectivity index (χ0) is 21.2. The number of hydrogen-bond donors (Lipinski definition) is 0. The molecule has 5 heteroatoms. The molecule has 3 aromatic rings. The highest BCUT2D eigenvalue weighted by atomic mass is 35.5. The van der Waals surface area contributed by atoms with Crippen molar-refractivity contribution in [2.75, 3.05) is 0 Å². The summed E-state index contributed by atoms with van der Waals surface area (Å²) in [6.45, 7) is 0. The van der Waals surface area contributed by atoms with E-state index in [1.807, 2.05) is 42.5 Å². The Morgan fingerprint density at radius 1 is 0.903 bits per heavy atom. The van der Waals surface area contributed by atoms with Crippen molar-refractivity contribution in [3.63, 3.8) is 0 Å². The number of para-hydroxylation sites is 1. The molecule has 1 amide bonds. The van der Waals surface area contributed by atoms with E-state index >= 15 is 0 Å². The van der Waals surface area contributed by atoms with Gasteiger partial charge in [-0.15, -0.1) is 11.3 Å². The van der Waals surface area contributed by atoms with Crippen LogP contribution >= 0.6 is 22.9 Å². The Hall–Kier alpha value is -1.91. The number of halogens is 1. The van der Waals surface area contributed by atoms with Gasteiger partial charge in [-0.2, -0.15) is 0 Å². The second-order valence-corrected chi connectivity index (χ2v) is 10.7. The van der Waals surface area contributed by atoms with Gasteiger partial charge in [0.05, 0.1) is 26.0 Å². The summed E-state index contributed by atoms with van der Waals surface area (Å²) >= 11 is 7.71. The molecule has 0 radical (unpaired) electrons. The smallest absolute Gasteiger partial charge is 0.255 e. The van der Waals surface area contributed by atoms with Crippen molar-refractivity contribution in [2.45, 2.75) is 76.3 Å². The Bertz CT molecular complexity index is 1050. The SMILES string of the molecule is O=C(c1cc(-c2ccc(Cl)s2)nc2ccccc12)N(C1CCCCC1)C1CCCCC1. The molecule has 162 valence electrons. The molecule has 5 rings (SSSR count). The van der Waals surface area contributed by atoms with Crippen molar-refractivity contribution < 1.29 is 4.79 Å². The first-order chi connectivity index (χ1) is 15.2. The summed E-state index contributed by atoms with van der Waals surface area (Å²) in [6.07, 6.45) is 12.1. The highest BCUT2D eigenvalue weighted by molar-refractivity contribution is 7.19. The lowest BCUT2D eigenvalue weighted by Crippen LogP contribution is -2.48. The van der Waals surface area contributed by atoms with E-state index in [-0.39, 0.29) is 5.91 Å². The summed E-state index contributed by atoms with van der Waals surface area (Å²) in [5.74, 6) is 0.196. The Labute approximate surface area is 193 Å². The number of benzene rings is 1. The van der Waals surface area contributed by atoms with Gasteiger partial charge in [0.15, 0.2) is 0 Å². The van der Waals surface area contributed by atoms with E-state index in [4.69, 9.17) is 16.6 Å². The molecule has 0 aliphatic heterocycles. The fourth-order valence-electron chi connectivity index (χ4n) is 5.42. The molecule has 2 aromatic heterocycles. The molecule has 0 unspecified atom stereocenters. The number of rotatable bonds is 4. The summed E-state index contributed by atoms with van der Waals surface area (Å²) in [5, 5.41) is 0.954. The first-order valence-corrected chi connectivity index (χ1v) is 12.9. The van der Waals surface area contributed by atoms with Crippen LogP contribution < -0.4 is 0 Å². The minimum absolute atomic E-state index is 0.196. The van der Waals surface area contributed by atoms with Gasteiger partial charge < -0.3 is 4.90 Å². The summed E-state index contributed by atoms with van der Waals surface area (Å²) in [5.41, 5.74) is 2.51. The monoisotopic (exact) mass is 452 g/mol. The average Bonchev–Trinajstić information content (AvgIpc) is 3.26. The zero-order valence-electron chi connectivity index (χ0n) is 17.9. The Morgan fingerprint density at radius 2 is 1.55 bits per heavy atom. The van der Waals surface area contributed by atoms with Gasteiger partial charge >= 0.3 is 0 Å². The predicted octanol–water partition coefficient (Wildman–Crippen LogP) is 7.72. The largest absolute Gasteiger partial charge is 0.333 e. The molecule has 2 saturated carbocycles. The van der Waals surface area contributed by atoms with E-state index < -0.39 is 0 Å². The van der Waals surface area contributed by atoms with Gasteiger partial charge in [0.25, 0.3) is 5.91 Å². The van der Waals surface area contributed by atoms with E-state index in [1.54, 1.807) is 0 Å². The van der Waals surface area contributed by atoms with Gasteiger partial charge in [-0.3, -0.25) is 4.79 Å². The van der Waals surface area contributed by atoms with E-state index in [0.29, 0.717) is 12.1 Å². The van der Waals surface area contributed by atoms with Gasteiger partial charge in [-0.05, 0) is 49.9 Å². The van der Waals surface area contributed by atoms with Crippen LogP contribution in [0.2, 0.25) is 4.34 Å². The summed E-state index contributed by atoms with van der Waals surface area (Å²) < 4.78 is 0.740. The Morgan fingerprint density at radius 3 is 2.16 bits per heavy atom. The fraction of sp³-hybridized carbons (Fsp3) is 0.462. The maximum absolute atomic E-state index is 14.2. The molecule has 31 heavy (non-hydrogen) atoms. The lowest BCUT2D eigenvalue weighted by molar-refractivity contribution is 0.0450. The second-order valence-electron chi connectivity index (χ2n) is 8.97. The van der Waals surface area contributed by atoms with E-state index in [1.165, 1.54) is 49.9 Å². The molecule has 0 spiro atoms. The van der Waals surface area contributed by atoms with E-state index in [2.05, 4.69) is 4.90 Å². The van der Waals surface area contributed by atoms with Gasteiger partial charge in [0.1, 0.15) is 0 Å². The number of hydrogen-bond acceptors (Lipinski definition) is 3. The fourth-order valence-corrected chi connectivity index (χ4v) is 6.42. The summed E-state index contributed by atoms with van der Waals surface area (Å²) in [6, 6.07) is 14.7. The van der Waals surface area contributed by atoms with Crippen LogP contribution in [0.4, 0.5) is 0 Å². The topological polar surface area (TPSA) is 33.2 Å². The van der Waals surface area contributed by atoms with Gasteiger partial charge in [0.2, 0.25) is 0 Å². The number of thiophene rings is 1. The molecule has 0 atom stereocenters. The molecule has 1 aromatic carbocycles. The number of aromatic nitrogens is 1.